The number of hydrogen-bond donors (Lipinski definition) is 0. The molecule has 0 saturated carbocycles. The topological polar surface area (TPSA) is 34.6 Å². The molecule has 0 aliphatic carbocycles. The SMILES string of the molecule is CCCC(C(CC)c1cnc(-c2c(CC)cccc2CC)cc1OCC)N1CCOCC1. The van der Waals surface area contributed by atoms with E-state index in [0.29, 0.717) is 18.6 Å². The van der Waals surface area contributed by atoms with Gasteiger partial charge in [-0.15, -0.1) is 0 Å². The second-order valence-corrected chi connectivity index (χ2v) is 8.72. The second-order valence-electron chi connectivity index (χ2n) is 8.72. The van der Waals surface area contributed by atoms with Crippen molar-refractivity contribution in [3.05, 3.63) is 47.2 Å². The fraction of sp³-hybridized carbons (Fsp3) is 0.607. The molecule has 2 atom stereocenters. The molecule has 2 unspecified atom stereocenters. The molecule has 1 aromatic heterocycles. The molecule has 1 aliphatic rings. The van der Waals surface area contributed by atoms with Gasteiger partial charge in [-0.05, 0) is 43.7 Å². The van der Waals surface area contributed by atoms with Gasteiger partial charge in [-0.3, -0.25) is 9.88 Å². The van der Waals surface area contributed by atoms with Crippen LogP contribution in [0, 0.1) is 0 Å². The fourth-order valence-corrected chi connectivity index (χ4v) is 5.26. The van der Waals surface area contributed by atoms with Crippen LogP contribution in [0.25, 0.3) is 11.3 Å². The third-order valence-electron chi connectivity index (χ3n) is 6.85. The Balaban J connectivity index is 2.05. The van der Waals surface area contributed by atoms with Gasteiger partial charge in [0.05, 0.1) is 25.5 Å². The van der Waals surface area contributed by atoms with E-state index in [-0.39, 0.29) is 0 Å². The summed E-state index contributed by atoms with van der Waals surface area (Å²) < 4.78 is 11.9. The van der Waals surface area contributed by atoms with Gasteiger partial charge in [0.15, 0.2) is 0 Å². The molecule has 4 nitrogen and oxygen atoms in total. The third-order valence-corrected chi connectivity index (χ3v) is 6.85. The van der Waals surface area contributed by atoms with Crippen LogP contribution in [0.4, 0.5) is 0 Å². The molecule has 1 fully saturated rings. The minimum atomic E-state index is 0.406. The highest BCUT2D eigenvalue weighted by Gasteiger charge is 2.30. The number of morpholine rings is 1. The molecule has 2 heterocycles. The summed E-state index contributed by atoms with van der Waals surface area (Å²) in [6.07, 6.45) is 7.56. The molecule has 1 aromatic carbocycles. The Morgan fingerprint density at radius 2 is 1.72 bits per heavy atom. The van der Waals surface area contributed by atoms with Crippen molar-refractivity contribution in [1.29, 1.82) is 0 Å². The summed E-state index contributed by atoms with van der Waals surface area (Å²) in [6.45, 7) is 15.5. The highest BCUT2D eigenvalue weighted by atomic mass is 16.5. The van der Waals surface area contributed by atoms with Gasteiger partial charge in [-0.25, -0.2) is 0 Å². The number of aryl methyl sites for hydroxylation is 2. The molecule has 0 radical (unpaired) electrons. The first-order valence-electron chi connectivity index (χ1n) is 12.7. The number of pyridine rings is 1. The Morgan fingerprint density at radius 3 is 2.28 bits per heavy atom. The standard InChI is InChI=1S/C28H42N2O2/c1-6-12-26(30-15-17-31-18-16-30)23(9-4)24-20-29-25(19-27(24)32-10-5)28-21(7-2)13-11-14-22(28)8-3/h11,13-14,19-20,23,26H,6-10,12,15-18H2,1-5H3. The van der Waals surface area contributed by atoms with Gasteiger partial charge in [-0.2, -0.15) is 0 Å². The van der Waals surface area contributed by atoms with E-state index in [1.807, 2.05) is 0 Å². The predicted octanol–water partition coefficient (Wildman–Crippen LogP) is 6.27. The van der Waals surface area contributed by atoms with Crippen LogP contribution in [-0.2, 0) is 17.6 Å². The van der Waals surface area contributed by atoms with Gasteiger partial charge < -0.3 is 9.47 Å². The van der Waals surface area contributed by atoms with E-state index in [0.717, 1.165) is 57.0 Å². The van der Waals surface area contributed by atoms with E-state index in [2.05, 4.69) is 70.0 Å². The average Bonchev–Trinajstić information content (AvgIpc) is 2.84. The molecule has 1 aliphatic heterocycles. The summed E-state index contributed by atoms with van der Waals surface area (Å²) in [5.74, 6) is 1.41. The quantitative estimate of drug-likeness (QED) is 0.414. The van der Waals surface area contributed by atoms with Crippen LogP contribution >= 0.6 is 0 Å². The third kappa shape index (κ3) is 5.52. The highest BCUT2D eigenvalue weighted by molar-refractivity contribution is 5.69. The summed E-state index contributed by atoms with van der Waals surface area (Å²) in [5, 5.41) is 0. The Morgan fingerprint density at radius 1 is 1.03 bits per heavy atom. The number of benzene rings is 1. The van der Waals surface area contributed by atoms with Crippen LogP contribution in [0.2, 0.25) is 0 Å². The first-order valence-corrected chi connectivity index (χ1v) is 12.7. The van der Waals surface area contributed by atoms with E-state index in [1.165, 1.54) is 35.1 Å². The Labute approximate surface area is 195 Å². The van der Waals surface area contributed by atoms with Gasteiger partial charge >= 0.3 is 0 Å². The van der Waals surface area contributed by atoms with Crippen molar-refractivity contribution in [1.82, 2.24) is 9.88 Å². The van der Waals surface area contributed by atoms with E-state index in [4.69, 9.17) is 14.5 Å². The van der Waals surface area contributed by atoms with E-state index in [1.54, 1.807) is 0 Å². The normalized spacial score (nSPS) is 16.7. The van der Waals surface area contributed by atoms with Crippen molar-refractivity contribution in [2.24, 2.45) is 0 Å². The van der Waals surface area contributed by atoms with Crippen LogP contribution < -0.4 is 4.74 Å². The summed E-state index contributed by atoms with van der Waals surface area (Å²) >= 11 is 0. The molecule has 0 N–H and O–H groups in total. The van der Waals surface area contributed by atoms with Gasteiger partial charge in [0.25, 0.3) is 0 Å². The molecule has 4 heteroatoms. The minimum Gasteiger partial charge on any atom is -0.493 e. The summed E-state index contributed by atoms with van der Waals surface area (Å²) in [4.78, 5) is 7.67. The van der Waals surface area contributed by atoms with Gasteiger partial charge in [0.1, 0.15) is 5.75 Å². The number of aromatic nitrogens is 1. The van der Waals surface area contributed by atoms with E-state index >= 15 is 0 Å². The Hall–Kier alpha value is -1.91. The molecule has 3 rings (SSSR count). The highest BCUT2D eigenvalue weighted by Crippen LogP contribution is 2.38. The molecular weight excluding hydrogens is 396 g/mol. The summed E-state index contributed by atoms with van der Waals surface area (Å²) in [7, 11) is 0. The van der Waals surface area contributed by atoms with E-state index < -0.39 is 0 Å². The van der Waals surface area contributed by atoms with E-state index in [9.17, 15) is 0 Å². The fourth-order valence-electron chi connectivity index (χ4n) is 5.26. The van der Waals surface area contributed by atoms with Crippen LogP contribution in [0.3, 0.4) is 0 Å². The number of ether oxygens (including phenoxy) is 2. The van der Waals surface area contributed by atoms with Gasteiger partial charge in [-0.1, -0.05) is 52.3 Å². The van der Waals surface area contributed by atoms with Gasteiger partial charge in [0, 0.05) is 48.4 Å². The lowest BCUT2D eigenvalue weighted by Gasteiger charge is -2.39. The lowest BCUT2D eigenvalue weighted by atomic mass is 9.85. The zero-order valence-electron chi connectivity index (χ0n) is 20.8. The largest absolute Gasteiger partial charge is 0.493 e. The molecule has 1 saturated heterocycles. The zero-order chi connectivity index (χ0) is 22.9. The lowest BCUT2D eigenvalue weighted by molar-refractivity contribution is 0.00764. The number of hydrogen-bond acceptors (Lipinski definition) is 4. The first-order chi connectivity index (χ1) is 15.7. The average molecular weight is 439 g/mol. The maximum Gasteiger partial charge on any atom is 0.126 e. The monoisotopic (exact) mass is 438 g/mol. The van der Waals surface area contributed by atoms with Crippen molar-refractivity contribution in [3.8, 4) is 17.0 Å². The van der Waals surface area contributed by atoms with Crippen molar-refractivity contribution >= 4 is 0 Å². The summed E-state index contributed by atoms with van der Waals surface area (Å²) in [5.41, 5.74) is 6.30. The van der Waals surface area contributed by atoms with Crippen LogP contribution in [0.1, 0.15) is 76.5 Å². The number of rotatable bonds is 11. The molecule has 32 heavy (non-hydrogen) atoms. The molecule has 0 amide bonds. The molecular formula is C28H42N2O2. The lowest BCUT2D eigenvalue weighted by Crippen LogP contribution is -2.46. The Bertz CT molecular complexity index is 823. The summed E-state index contributed by atoms with van der Waals surface area (Å²) in [6, 6.07) is 9.33. The Kier molecular flexibility index (Phi) is 9.55. The van der Waals surface area contributed by atoms with Gasteiger partial charge in [0.2, 0.25) is 0 Å². The molecule has 0 bridgehead atoms. The smallest absolute Gasteiger partial charge is 0.126 e. The molecule has 0 spiro atoms. The zero-order valence-corrected chi connectivity index (χ0v) is 20.8. The predicted molar refractivity (Wildman–Crippen MR) is 134 cm³/mol. The second kappa shape index (κ2) is 12.4. The van der Waals surface area contributed by atoms with Crippen molar-refractivity contribution in [2.45, 2.75) is 78.7 Å². The first kappa shape index (κ1) is 24.7. The molecule has 2 aromatic rings. The van der Waals surface area contributed by atoms with Crippen molar-refractivity contribution < 1.29 is 9.47 Å². The van der Waals surface area contributed by atoms with Crippen molar-refractivity contribution in [3.63, 3.8) is 0 Å². The van der Waals surface area contributed by atoms with Crippen LogP contribution in [-0.4, -0.2) is 48.8 Å². The maximum atomic E-state index is 6.26. The molecule has 176 valence electrons. The number of nitrogens with zero attached hydrogens (tertiary/aromatic N) is 2. The minimum absolute atomic E-state index is 0.406. The van der Waals surface area contributed by atoms with Crippen LogP contribution in [0.5, 0.6) is 5.75 Å². The van der Waals surface area contributed by atoms with Crippen molar-refractivity contribution in [2.75, 3.05) is 32.9 Å². The van der Waals surface area contributed by atoms with Crippen LogP contribution in [0.15, 0.2) is 30.5 Å². The maximum absolute atomic E-state index is 6.26.